The molecule has 0 spiro atoms. The number of piperidine rings is 1. The Bertz CT molecular complexity index is 1170. The van der Waals surface area contributed by atoms with Gasteiger partial charge in [0, 0.05) is 18.7 Å². The highest BCUT2D eigenvalue weighted by Gasteiger charge is 2.29. The molecule has 0 aliphatic carbocycles. The van der Waals surface area contributed by atoms with Gasteiger partial charge in [0.15, 0.2) is 6.61 Å². The van der Waals surface area contributed by atoms with Gasteiger partial charge >= 0.3 is 11.9 Å². The number of hydrogen-bond acceptors (Lipinski definition) is 8. The van der Waals surface area contributed by atoms with Gasteiger partial charge in [-0.15, -0.1) is 0 Å². The van der Waals surface area contributed by atoms with Crippen molar-refractivity contribution in [3.63, 3.8) is 0 Å². The fourth-order valence-corrected chi connectivity index (χ4v) is 3.93. The quantitative estimate of drug-likeness (QED) is 0.526. The molecule has 0 bridgehead atoms. The fraction of sp³-hybridized carbons (Fsp3) is 0.375. The Morgan fingerprint density at radius 1 is 1.12 bits per heavy atom. The minimum absolute atomic E-state index is 0.199. The van der Waals surface area contributed by atoms with Gasteiger partial charge in [-0.05, 0) is 32.8 Å². The minimum Gasteiger partial charge on any atom is -0.466 e. The van der Waals surface area contributed by atoms with Crippen molar-refractivity contribution in [3.8, 4) is 11.3 Å². The zero-order valence-electron chi connectivity index (χ0n) is 18.6. The number of nitrogens with zero attached hydrogens (tertiary/aromatic N) is 3. The minimum atomic E-state index is -0.652. The zero-order chi connectivity index (χ0) is 23.4. The van der Waals surface area contributed by atoms with Gasteiger partial charge in [-0.1, -0.05) is 35.5 Å². The number of carbonyl (C=O) groups is 3. The van der Waals surface area contributed by atoms with Crippen LogP contribution in [-0.2, 0) is 19.1 Å². The molecule has 1 aliphatic heterocycles. The Balaban J connectivity index is 1.44. The van der Waals surface area contributed by atoms with Crippen LogP contribution in [0.15, 0.2) is 40.9 Å². The number of carbonyl (C=O) groups excluding carboxylic acids is 3. The van der Waals surface area contributed by atoms with E-state index in [9.17, 15) is 14.4 Å². The molecule has 0 unspecified atom stereocenters. The van der Waals surface area contributed by atoms with E-state index in [1.54, 1.807) is 24.8 Å². The van der Waals surface area contributed by atoms with Crippen molar-refractivity contribution < 1.29 is 28.4 Å². The Labute approximate surface area is 190 Å². The molecule has 1 aliphatic rings. The van der Waals surface area contributed by atoms with Gasteiger partial charge in [0.2, 0.25) is 0 Å². The number of pyridine rings is 1. The van der Waals surface area contributed by atoms with Crippen LogP contribution >= 0.6 is 0 Å². The molecule has 33 heavy (non-hydrogen) atoms. The van der Waals surface area contributed by atoms with Crippen molar-refractivity contribution in [3.05, 3.63) is 47.7 Å². The molecular weight excluding hydrogens is 426 g/mol. The normalized spacial score (nSPS) is 14.3. The molecule has 1 fully saturated rings. The molecule has 3 aromatic rings. The second-order valence-corrected chi connectivity index (χ2v) is 7.85. The van der Waals surface area contributed by atoms with Gasteiger partial charge in [0.05, 0.1) is 34.9 Å². The van der Waals surface area contributed by atoms with Gasteiger partial charge in [-0.2, -0.15) is 0 Å². The molecule has 9 heteroatoms. The van der Waals surface area contributed by atoms with Crippen LogP contribution in [0.25, 0.3) is 22.4 Å². The number of ether oxygens (including phenoxy) is 2. The third-order valence-electron chi connectivity index (χ3n) is 5.70. The van der Waals surface area contributed by atoms with Gasteiger partial charge in [-0.3, -0.25) is 9.59 Å². The lowest BCUT2D eigenvalue weighted by atomic mass is 9.97. The standard InChI is InChI=1S/C24H25N3O6/c1-3-31-23(29)17-9-11-27(12-10-17)20(28)14-32-24(30)18-13-19(16-7-5-4-6-8-16)25-22-21(18)15(2)26-33-22/h4-8,13,17H,3,9-12,14H2,1-2H3. The average Bonchev–Trinajstić information content (AvgIpc) is 3.23. The molecule has 2 aromatic heterocycles. The van der Waals surface area contributed by atoms with Crippen LogP contribution in [-0.4, -0.2) is 59.2 Å². The third kappa shape index (κ3) is 4.87. The first-order valence-corrected chi connectivity index (χ1v) is 10.9. The van der Waals surface area contributed by atoms with Crippen molar-refractivity contribution in [2.75, 3.05) is 26.3 Å². The molecule has 0 radical (unpaired) electrons. The van der Waals surface area contributed by atoms with Crippen molar-refractivity contribution in [2.45, 2.75) is 26.7 Å². The van der Waals surface area contributed by atoms with Gasteiger partial charge in [0.25, 0.3) is 11.6 Å². The van der Waals surface area contributed by atoms with Crippen LogP contribution in [0, 0.1) is 12.8 Å². The topological polar surface area (TPSA) is 112 Å². The highest BCUT2D eigenvalue weighted by atomic mass is 16.5. The van der Waals surface area contributed by atoms with Crippen molar-refractivity contribution in [1.82, 2.24) is 15.0 Å². The van der Waals surface area contributed by atoms with E-state index in [-0.39, 0.29) is 29.1 Å². The number of rotatable bonds is 6. The van der Waals surface area contributed by atoms with E-state index >= 15 is 0 Å². The van der Waals surface area contributed by atoms with E-state index in [1.807, 2.05) is 30.3 Å². The molecule has 4 rings (SSSR count). The van der Waals surface area contributed by atoms with Gasteiger partial charge in [0.1, 0.15) is 0 Å². The third-order valence-corrected chi connectivity index (χ3v) is 5.70. The molecular formula is C24H25N3O6. The summed E-state index contributed by atoms with van der Waals surface area (Å²) in [5, 5.41) is 4.38. The number of amides is 1. The first kappa shape index (κ1) is 22.4. The predicted molar refractivity (Wildman–Crippen MR) is 118 cm³/mol. The van der Waals surface area contributed by atoms with Crippen LogP contribution in [0.3, 0.4) is 0 Å². The summed E-state index contributed by atoms with van der Waals surface area (Å²) in [5.74, 6) is -1.38. The highest BCUT2D eigenvalue weighted by Crippen LogP contribution is 2.27. The maximum Gasteiger partial charge on any atom is 0.339 e. The Morgan fingerprint density at radius 2 is 1.85 bits per heavy atom. The van der Waals surface area contributed by atoms with Crippen LogP contribution in [0.2, 0.25) is 0 Å². The summed E-state index contributed by atoms with van der Waals surface area (Å²) in [6.07, 6.45) is 1.06. The Hall–Kier alpha value is -3.75. The first-order valence-electron chi connectivity index (χ1n) is 10.9. The molecule has 172 valence electrons. The molecule has 1 aromatic carbocycles. The lowest BCUT2D eigenvalue weighted by molar-refractivity contribution is -0.151. The van der Waals surface area contributed by atoms with E-state index in [0.717, 1.165) is 5.56 Å². The molecule has 1 amide bonds. The summed E-state index contributed by atoms with van der Waals surface area (Å²) < 4.78 is 15.7. The van der Waals surface area contributed by atoms with E-state index in [0.29, 0.717) is 49.3 Å². The number of benzene rings is 1. The van der Waals surface area contributed by atoms with E-state index in [1.165, 1.54) is 0 Å². The van der Waals surface area contributed by atoms with Crippen molar-refractivity contribution >= 4 is 28.9 Å². The second kappa shape index (κ2) is 9.81. The number of aromatic nitrogens is 2. The summed E-state index contributed by atoms with van der Waals surface area (Å²) >= 11 is 0. The van der Waals surface area contributed by atoms with Crippen LogP contribution in [0.4, 0.5) is 0 Å². The summed E-state index contributed by atoms with van der Waals surface area (Å²) in [4.78, 5) is 43.5. The summed E-state index contributed by atoms with van der Waals surface area (Å²) in [6, 6.07) is 11.0. The SMILES string of the molecule is CCOC(=O)C1CCN(C(=O)COC(=O)c2cc(-c3ccccc3)nc3onc(C)c23)CC1. The maximum atomic E-state index is 12.9. The molecule has 1 saturated heterocycles. The fourth-order valence-electron chi connectivity index (χ4n) is 3.93. The molecule has 3 heterocycles. The smallest absolute Gasteiger partial charge is 0.339 e. The lowest BCUT2D eigenvalue weighted by Gasteiger charge is -2.30. The number of esters is 2. The summed E-state index contributed by atoms with van der Waals surface area (Å²) in [6.45, 7) is 4.27. The van der Waals surface area contributed by atoms with Crippen molar-refractivity contribution in [2.24, 2.45) is 5.92 Å². The molecule has 9 nitrogen and oxygen atoms in total. The highest BCUT2D eigenvalue weighted by molar-refractivity contribution is 6.04. The largest absolute Gasteiger partial charge is 0.466 e. The first-order chi connectivity index (χ1) is 16.0. The lowest BCUT2D eigenvalue weighted by Crippen LogP contribution is -2.42. The van der Waals surface area contributed by atoms with Crippen LogP contribution in [0.1, 0.15) is 35.8 Å². The molecule has 0 N–H and O–H groups in total. The average molecular weight is 451 g/mol. The Kier molecular flexibility index (Phi) is 6.67. The van der Waals surface area contributed by atoms with Crippen LogP contribution < -0.4 is 0 Å². The summed E-state index contributed by atoms with van der Waals surface area (Å²) in [7, 11) is 0. The Morgan fingerprint density at radius 3 is 2.55 bits per heavy atom. The number of likely N-dealkylation sites (tertiary alicyclic amines) is 1. The van der Waals surface area contributed by atoms with E-state index in [4.69, 9.17) is 14.0 Å². The summed E-state index contributed by atoms with van der Waals surface area (Å²) in [5.41, 5.74) is 2.33. The molecule has 0 atom stereocenters. The van der Waals surface area contributed by atoms with Gasteiger partial charge in [-0.25, -0.2) is 9.78 Å². The molecule has 0 saturated carbocycles. The monoisotopic (exact) mass is 451 g/mol. The zero-order valence-corrected chi connectivity index (χ0v) is 18.6. The van der Waals surface area contributed by atoms with Crippen LogP contribution in [0.5, 0.6) is 0 Å². The number of fused-ring (bicyclic) bond motifs is 1. The predicted octanol–water partition coefficient (Wildman–Crippen LogP) is 3.16. The van der Waals surface area contributed by atoms with E-state index in [2.05, 4.69) is 10.1 Å². The van der Waals surface area contributed by atoms with Crippen molar-refractivity contribution in [1.29, 1.82) is 0 Å². The second-order valence-electron chi connectivity index (χ2n) is 7.85. The maximum absolute atomic E-state index is 12.9. The van der Waals surface area contributed by atoms with E-state index < -0.39 is 12.6 Å². The number of aryl methyl sites for hydroxylation is 1. The van der Waals surface area contributed by atoms with Gasteiger partial charge < -0.3 is 18.9 Å². The number of hydrogen-bond donors (Lipinski definition) is 0.